The standard InChI is InChI=1S/C26H25FN2O2/c1-18-8-5-6-13-22(18)26(31)29-16-23(20-11-7-12-21(27)14-20)24(17-29)25(30)28-15-19-9-3-2-4-10-19/h2-14,23-24H,15-17H2,1H3,(H,28,30). The summed E-state index contributed by atoms with van der Waals surface area (Å²) in [6, 6.07) is 23.4. The molecule has 0 radical (unpaired) electrons. The Morgan fingerprint density at radius 1 is 0.968 bits per heavy atom. The Bertz CT molecular complexity index is 1080. The van der Waals surface area contributed by atoms with E-state index >= 15 is 0 Å². The number of benzene rings is 3. The minimum absolute atomic E-state index is 0.0992. The van der Waals surface area contributed by atoms with Gasteiger partial charge in [-0.1, -0.05) is 60.7 Å². The van der Waals surface area contributed by atoms with Crippen molar-refractivity contribution in [3.05, 3.63) is 107 Å². The van der Waals surface area contributed by atoms with Gasteiger partial charge < -0.3 is 10.2 Å². The van der Waals surface area contributed by atoms with E-state index in [1.165, 1.54) is 12.1 Å². The first-order valence-corrected chi connectivity index (χ1v) is 10.4. The van der Waals surface area contributed by atoms with Crippen molar-refractivity contribution < 1.29 is 14.0 Å². The molecule has 4 nitrogen and oxygen atoms in total. The van der Waals surface area contributed by atoms with Crippen LogP contribution < -0.4 is 5.32 Å². The van der Waals surface area contributed by atoms with Crippen LogP contribution in [0.25, 0.3) is 0 Å². The van der Waals surface area contributed by atoms with Gasteiger partial charge in [0.1, 0.15) is 5.82 Å². The molecule has 3 aromatic carbocycles. The molecule has 0 aliphatic carbocycles. The maximum atomic E-state index is 13.9. The van der Waals surface area contributed by atoms with Gasteiger partial charge in [0.05, 0.1) is 5.92 Å². The largest absolute Gasteiger partial charge is 0.352 e. The second-order valence-electron chi connectivity index (χ2n) is 8.00. The van der Waals surface area contributed by atoms with E-state index in [4.69, 9.17) is 0 Å². The first-order chi connectivity index (χ1) is 15.0. The number of carbonyl (C=O) groups is 2. The Hall–Kier alpha value is -3.47. The molecule has 2 unspecified atom stereocenters. The highest BCUT2D eigenvalue weighted by Crippen LogP contribution is 2.34. The Morgan fingerprint density at radius 2 is 1.71 bits per heavy atom. The van der Waals surface area contributed by atoms with Crippen LogP contribution in [-0.2, 0) is 11.3 Å². The Balaban J connectivity index is 1.57. The van der Waals surface area contributed by atoms with Crippen LogP contribution in [0.2, 0.25) is 0 Å². The van der Waals surface area contributed by atoms with Gasteiger partial charge in [0.15, 0.2) is 0 Å². The smallest absolute Gasteiger partial charge is 0.254 e. The number of amides is 2. The van der Waals surface area contributed by atoms with Crippen LogP contribution in [0.5, 0.6) is 0 Å². The topological polar surface area (TPSA) is 49.4 Å². The van der Waals surface area contributed by atoms with E-state index in [0.717, 1.165) is 16.7 Å². The van der Waals surface area contributed by atoms with Crippen molar-refractivity contribution in [1.29, 1.82) is 0 Å². The summed E-state index contributed by atoms with van der Waals surface area (Å²) in [5, 5.41) is 3.00. The number of aryl methyl sites for hydroxylation is 1. The Kier molecular flexibility index (Phi) is 6.12. The van der Waals surface area contributed by atoms with E-state index in [0.29, 0.717) is 25.2 Å². The second-order valence-corrected chi connectivity index (χ2v) is 8.00. The lowest BCUT2D eigenvalue weighted by molar-refractivity contribution is -0.125. The molecular weight excluding hydrogens is 391 g/mol. The van der Waals surface area contributed by atoms with Crippen LogP contribution in [0.15, 0.2) is 78.9 Å². The molecule has 1 aliphatic rings. The van der Waals surface area contributed by atoms with Crippen LogP contribution in [0, 0.1) is 18.7 Å². The van der Waals surface area contributed by atoms with Gasteiger partial charge in [0.2, 0.25) is 5.91 Å². The fourth-order valence-corrected chi connectivity index (χ4v) is 4.21. The van der Waals surface area contributed by atoms with E-state index in [9.17, 15) is 14.0 Å². The maximum absolute atomic E-state index is 13.9. The van der Waals surface area contributed by atoms with E-state index in [2.05, 4.69) is 5.32 Å². The summed E-state index contributed by atoms with van der Waals surface area (Å²) < 4.78 is 13.9. The highest BCUT2D eigenvalue weighted by molar-refractivity contribution is 5.96. The molecule has 2 amide bonds. The van der Waals surface area contributed by atoms with E-state index in [1.807, 2.05) is 61.5 Å². The molecule has 0 spiro atoms. The van der Waals surface area contributed by atoms with Gasteiger partial charge in [-0.05, 0) is 41.8 Å². The predicted octanol–water partition coefficient (Wildman–Crippen LogP) is 4.31. The van der Waals surface area contributed by atoms with Gasteiger partial charge in [0, 0.05) is 31.1 Å². The van der Waals surface area contributed by atoms with Crippen LogP contribution in [0.1, 0.15) is 33.0 Å². The molecule has 2 atom stereocenters. The van der Waals surface area contributed by atoms with Crippen molar-refractivity contribution >= 4 is 11.8 Å². The normalized spacial score (nSPS) is 18.1. The number of halogens is 1. The van der Waals surface area contributed by atoms with Crippen molar-refractivity contribution in [2.75, 3.05) is 13.1 Å². The number of nitrogens with one attached hydrogen (secondary N) is 1. The number of likely N-dealkylation sites (tertiary alicyclic amines) is 1. The van der Waals surface area contributed by atoms with Crippen molar-refractivity contribution in [2.45, 2.75) is 19.4 Å². The molecule has 1 saturated heterocycles. The quantitative estimate of drug-likeness (QED) is 0.674. The molecule has 1 N–H and O–H groups in total. The number of rotatable bonds is 5. The first kappa shape index (κ1) is 20.8. The van der Waals surface area contributed by atoms with E-state index in [1.54, 1.807) is 17.0 Å². The highest BCUT2D eigenvalue weighted by Gasteiger charge is 2.40. The van der Waals surface area contributed by atoms with Crippen molar-refractivity contribution in [3.63, 3.8) is 0 Å². The Morgan fingerprint density at radius 3 is 2.45 bits per heavy atom. The minimum Gasteiger partial charge on any atom is -0.352 e. The molecule has 3 aromatic rings. The molecule has 0 aromatic heterocycles. The number of nitrogens with zero attached hydrogens (tertiary/aromatic N) is 1. The zero-order valence-electron chi connectivity index (χ0n) is 17.4. The van der Waals surface area contributed by atoms with Gasteiger partial charge >= 0.3 is 0 Å². The van der Waals surface area contributed by atoms with E-state index < -0.39 is 5.92 Å². The third kappa shape index (κ3) is 4.66. The third-order valence-corrected chi connectivity index (χ3v) is 5.91. The van der Waals surface area contributed by atoms with E-state index in [-0.39, 0.29) is 23.5 Å². The summed E-state index contributed by atoms with van der Waals surface area (Å²) in [6.07, 6.45) is 0. The summed E-state index contributed by atoms with van der Waals surface area (Å²) in [4.78, 5) is 28.0. The Labute approximate surface area is 181 Å². The highest BCUT2D eigenvalue weighted by atomic mass is 19.1. The molecule has 0 bridgehead atoms. The van der Waals surface area contributed by atoms with Gasteiger partial charge in [0.25, 0.3) is 5.91 Å². The molecule has 1 aliphatic heterocycles. The average molecular weight is 416 g/mol. The number of hydrogen-bond donors (Lipinski definition) is 1. The first-order valence-electron chi connectivity index (χ1n) is 10.4. The van der Waals surface area contributed by atoms with Crippen LogP contribution >= 0.6 is 0 Å². The molecule has 5 heteroatoms. The van der Waals surface area contributed by atoms with Crippen molar-refractivity contribution in [3.8, 4) is 0 Å². The monoisotopic (exact) mass is 416 g/mol. The zero-order chi connectivity index (χ0) is 21.8. The molecule has 0 saturated carbocycles. The van der Waals surface area contributed by atoms with Crippen LogP contribution in [0.3, 0.4) is 0 Å². The van der Waals surface area contributed by atoms with Crippen molar-refractivity contribution in [1.82, 2.24) is 10.2 Å². The molecule has 31 heavy (non-hydrogen) atoms. The lowest BCUT2D eigenvalue weighted by Crippen LogP contribution is -2.35. The fraction of sp³-hybridized carbons (Fsp3) is 0.231. The summed E-state index contributed by atoms with van der Waals surface area (Å²) >= 11 is 0. The lowest BCUT2D eigenvalue weighted by Gasteiger charge is -2.18. The van der Waals surface area contributed by atoms with Crippen LogP contribution in [0.4, 0.5) is 4.39 Å². The van der Waals surface area contributed by atoms with Gasteiger partial charge in [-0.25, -0.2) is 4.39 Å². The number of hydrogen-bond acceptors (Lipinski definition) is 2. The van der Waals surface area contributed by atoms with Gasteiger partial charge in [-0.15, -0.1) is 0 Å². The third-order valence-electron chi connectivity index (χ3n) is 5.91. The maximum Gasteiger partial charge on any atom is 0.254 e. The summed E-state index contributed by atoms with van der Waals surface area (Å²) in [5.74, 6) is -1.28. The number of carbonyl (C=O) groups excluding carboxylic acids is 2. The second kappa shape index (κ2) is 9.13. The van der Waals surface area contributed by atoms with Gasteiger partial charge in [-0.2, -0.15) is 0 Å². The summed E-state index contributed by atoms with van der Waals surface area (Å²) in [7, 11) is 0. The predicted molar refractivity (Wildman–Crippen MR) is 118 cm³/mol. The summed E-state index contributed by atoms with van der Waals surface area (Å²) in [5.41, 5.74) is 3.27. The zero-order valence-corrected chi connectivity index (χ0v) is 17.4. The molecular formula is C26H25FN2O2. The van der Waals surface area contributed by atoms with Crippen LogP contribution in [-0.4, -0.2) is 29.8 Å². The summed E-state index contributed by atoms with van der Waals surface area (Å²) in [6.45, 7) is 2.99. The lowest BCUT2D eigenvalue weighted by atomic mass is 9.88. The molecule has 158 valence electrons. The van der Waals surface area contributed by atoms with Gasteiger partial charge in [-0.3, -0.25) is 9.59 Å². The SMILES string of the molecule is Cc1ccccc1C(=O)N1CC(C(=O)NCc2ccccc2)C(c2cccc(F)c2)C1. The average Bonchev–Trinajstić information content (AvgIpc) is 3.24. The molecule has 1 fully saturated rings. The van der Waals surface area contributed by atoms with Crippen molar-refractivity contribution in [2.24, 2.45) is 5.92 Å². The molecule has 4 rings (SSSR count). The minimum atomic E-state index is -0.446. The fourth-order valence-electron chi connectivity index (χ4n) is 4.21. The molecule has 1 heterocycles.